The van der Waals surface area contributed by atoms with Crippen molar-refractivity contribution < 1.29 is 10.0 Å². The Morgan fingerprint density at radius 3 is 2.85 bits per heavy atom. The number of rotatable bonds is 3. The third-order valence-corrected chi connectivity index (χ3v) is 7.01. The Kier molecular flexibility index (Phi) is 4.38. The molecule has 5 rings (SSSR count). The fourth-order valence-electron chi connectivity index (χ4n) is 5.20. The maximum absolute atomic E-state index is 10.8. The van der Waals surface area contributed by atoms with Gasteiger partial charge in [0, 0.05) is 21.8 Å². The Morgan fingerprint density at radius 2 is 2.04 bits per heavy atom. The Bertz CT molecular complexity index is 992. The molecule has 2 N–H and O–H groups in total. The lowest BCUT2D eigenvalue weighted by Gasteiger charge is -2.38. The minimum Gasteiger partial charge on any atom is -0.382 e. The van der Waals surface area contributed by atoms with Crippen LogP contribution in [0.2, 0.25) is 0 Å². The molecule has 3 atom stereocenters. The Labute approximate surface area is 168 Å². The van der Waals surface area contributed by atoms with E-state index < -0.39 is 6.10 Å². The van der Waals surface area contributed by atoms with Crippen LogP contribution in [-0.4, -0.2) is 22.8 Å². The molecular weight excluding hydrogens is 400 g/mol. The molecule has 0 bridgehead atoms. The average Bonchev–Trinajstić information content (AvgIpc) is 2.99. The molecule has 1 aromatic heterocycles. The SMILES string of the molecule is Cc1ccc2c(c1)c1c3n2CC[NH+](C[C@@H](O)c2ccc(Br)cc2)[C@@H]3CCC1. The zero-order chi connectivity index (χ0) is 18.5. The Balaban J connectivity index is 1.49. The van der Waals surface area contributed by atoms with E-state index >= 15 is 0 Å². The fraction of sp³-hybridized carbons (Fsp3) is 0.391. The second-order valence-electron chi connectivity index (χ2n) is 8.16. The van der Waals surface area contributed by atoms with Crippen molar-refractivity contribution >= 4 is 26.8 Å². The number of aliphatic hydroxyl groups is 1. The monoisotopic (exact) mass is 425 g/mol. The summed E-state index contributed by atoms with van der Waals surface area (Å²) in [6, 6.07) is 15.5. The van der Waals surface area contributed by atoms with Crippen LogP contribution in [0.1, 0.15) is 47.4 Å². The molecule has 0 spiro atoms. The number of fused-ring (bicyclic) bond motifs is 3. The van der Waals surface area contributed by atoms with Crippen LogP contribution in [0.15, 0.2) is 46.9 Å². The number of benzene rings is 2. The van der Waals surface area contributed by atoms with Gasteiger partial charge in [-0.15, -0.1) is 0 Å². The van der Waals surface area contributed by atoms with E-state index in [4.69, 9.17) is 0 Å². The number of hydrogen-bond donors (Lipinski definition) is 2. The zero-order valence-corrected chi connectivity index (χ0v) is 17.3. The van der Waals surface area contributed by atoms with Gasteiger partial charge in [-0.1, -0.05) is 39.7 Å². The van der Waals surface area contributed by atoms with Crippen molar-refractivity contribution in [3.63, 3.8) is 0 Å². The lowest BCUT2D eigenvalue weighted by molar-refractivity contribution is -0.940. The maximum Gasteiger partial charge on any atom is 0.129 e. The summed E-state index contributed by atoms with van der Waals surface area (Å²) < 4.78 is 3.63. The zero-order valence-electron chi connectivity index (χ0n) is 15.7. The topological polar surface area (TPSA) is 29.6 Å². The molecule has 2 aromatic carbocycles. The summed E-state index contributed by atoms with van der Waals surface area (Å²) in [6.45, 7) is 5.11. The molecule has 0 saturated heterocycles. The first-order chi connectivity index (χ1) is 13.1. The van der Waals surface area contributed by atoms with Gasteiger partial charge in [-0.25, -0.2) is 0 Å². The third-order valence-electron chi connectivity index (χ3n) is 6.48. The molecule has 2 heterocycles. The Morgan fingerprint density at radius 1 is 1.22 bits per heavy atom. The lowest BCUT2D eigenvalue weighted by atomic mass is 9.89. The molecule has 1 unspecified atom stereocenters. The van der Waals surface area contributed by atoms with Crippen molar-refractivity contribution in [2.45, 2.75) is 44.9 Å². The van der Waals surface area contributed by atoms with Crippen LogP contribution in [-0.2, 0) is 13.0 Å². The number of quaternary nitrogens is 1. The van der Waals surface area contributed by atoms with E-state index in [1.54, 1.807) is 16.2 Å². The van der Waals surface area contributed by atoms with Gasteiger partial charge in [-0.05, 0) is 55.2 Å². The van der Waals surface area contributed by atoms with Crippen LogP contribution in [0, 0.1) is 6.92 Å². The predicted octanol–water partition coefficient (Wildman–Crippen LogP) is 3.72. The first-order valence-electron chi connectivity index (χ1n) is 10.0. The van der Waals surface area contributed by atoms with Crippen LogP contribution in [0.5, 0.6) is 0 Å². The van der Waals surface area contributed by atoms with Gasteiger partial charge >= 0.3 is 0 Å². The summed E-state index contributed by atoms with van der Waals surface area (Å²) in [5.74, 6) is 0. The van der Waals surface area contributed by atoms with E-state index in [1.165, 1.54) is 35.7 Å². The molecule has 0 saturated carbocycles. The number of aliphatic hydroxyl groups excluding tert-OH is 1. The fourth-order valence-corrected chi connectivity index (χ4v) is 5.47. The van der Waals surface area contributed by atoms with Gasteiger partial charge in [0.05, 0.1) is 18.8 Å². The normalized spacial score (nSPS) is 22.6. The molecule has 140 valence electrons. The van der Waals surface area contributed by atoms with Gasteiger partial charge in [0.15, 0.2) is 0 Å². The quantitative estimate of drug-likeness (QED) is 0.657. The minimum absolute atomic E-state index is 0.406. The molecule has 3 nitrogen and oxygen atoms in total. The standard InChI is InChI=1S/C23H25BrN2O/c1-15-5-10-20-19(13-15)18-3-2-4-21-23(18)26(20)12-11-25(21)14-22(27)16-6-8-17(24)9-7-16/h5-10,13,21-22,27H,2-4,11-12,14H2,1H3/p+1/t21-,22-/m1/s1. The molecule has 2 aliphatic rings. The molecule has 27 heavy (non-hydrogen) atoms. The summed E-state index contributed by atoms with van der Waals surface area (Å²) in [5.41, 5.74) is 6.89. The number of halogens is 1. The van der Waals surface area contributed by atoms with Gasteiger partial charge in [-0.3, -0.25) is 0 Å². The second kappa shape index (κ2) is 6.77. The summed E-state index contributed by atoms with van der Waals surface area (Å²) in [5, 5.41) is 12.3. The van der Waals surface area contributed by atoms with E-state index in [2.05, 4.69) is 45.6 Å². The summed E-state index contributed by atoms with van der Waals surface area (Å²) in [7, 11) is 0. The first kappa shape index (κ1) is 17.5. The van der Waals surface area contributed by atoms with Crippen molar-refractivity contribution in [1.29, 1.82) is 0 Å². The molecule has 3 aromatic rings. The highest BCUT2D eigenvalue weighted by Gasteiger charge is 2.38. The molecule has 0 fully saturated rings. The van der Waals surface area contributed by atoms with Gasteiger partial charge in [-0.2, -0.15) is 0 Å². The number of hydrogen-bond acceptors (Lipinski definition) is 1. The molecule has 0 radical (unpaired) electrons. The van der Waals surface area contributed by atoms with Crippen molar-refractivity contribution in [2.24, 2.45) is 0 Å². The molecule has 0 amide bonds. The predicted molar refractivity (Wildman–Crippen MR) is 112 cm³/mol. The number of nitrogens with one attached hydrogen (secondary N) is 1. The van der Waals surface area contributed by atoms with Crippen LogP contribution < -0.4 is 4.90 Å². The minimum atomic E-state index is -0.406. The number of nitrogens with zero attached hydrogens (tertiary/aromatic N) is 1. The van der Waals surface area contributed by atoms with Crippen LogP contribution in [0.25, 0.3) is 10.9 Å². The van der Waals surface area contributed by atoms with Gasteiger partial charge < -0.3 is 14.6 Å². The number of aryl methyl sites for hydroxylation is 2. The van der Waals surface area contributed by atoms with E-state index in [0.717, 1.165) is 29.7 Å². The Hall–Kier alpha value is -1.62. The molecule has 4 heteroatoms. The largest absolute Gasteiger partial charge is 0.382 e. The van der Waals surface area contributed by atoms with E-state index in [9.17, 15) is 5.11 Å². The van der Waals surface area contributed by atoms with Crippen LogP contribution in [0.3, 0.4) is 0 Å². The van der Waals surface area contributed by atoms with E-state index in [0.29, 0.717) is 6.04 Å². The average molecular weight is 426 g/mol. The molecule has 1 aliphatic heterocycles. The van der Waals surface area contributed by atoms with E-state index in [1.807, 2.05) is 24.3 Å². The van der Waals surface area contributed by atoms with Crippen molar-refractivity contribution in [1.82, 2.24) is 4.57 Å². The highest BCUT2D eigenvalue weighted by Crippen LogP contribution is 2.37. The smallest absolute Gasteiger partial charge is 0.129 e. The molecular formula is C23H26BrN2O+. The second-order valence-corrected chi connectivity index (χ2v) is 9.08. The van der Waals surface area contributed by atoms with Gasteiger partial charge in [0.1, 0.15) is 18.7 Å². The van der Waals surface area contributed by atoms with Crippen molar-refractivity contribution in [3.8, 4) is 0 Å². The van der Waals surface area contributed by atoms with Crippen molar-refractivity contribution in [2.75, 3.05) is 13.1 Å². The first-order valence-corrected chi connectivity index (χ1v) is 10.8. The highest BCUT2D eigenvalue weighted by atomic mass is 79.9. The van der Waals surface area contributed by atoms with Gasteiger partial charge in [0.2, 0.25) is 0 Å². The van der Waals surface area contributed by atoms with Crippen molar-refractivity contribution in [3.05, 3.63) is 69.3 Å². The lowest BCUT2D eigenvalue weighted by Crippen LogP contribution is -3.14. The molecule has 1 aliphatic carbocycles. The third kappa shape index (κ3) is 2.95. The maximum atomic E-state index is 10.8. The summed E-state index contributed by atoms with van der Waals surface area (Å²) >= 11 is 3.48. The van der Waals surface area contributed by atoms with Gasteiger partial charge in [0.25, 0.3) is 0 Å². The summed E-state index contributed by atoms with van der Waals surface area (Å²) in [6.07, 6.45) is 3.27. The highest BCUT2D eigenvalue weighted by molar-refractivity contribution is 9.10. The van der Waals surface area contributed by atoms with E-state index in [-0.39, 0.29) is 0 Å². The summed E-state index contributed by atoms with van der Waals surface area (Å²) in [4.78, 5) is 1.54. The van der Waals surface area contributed by atoms with Crippen LogP contribution in [0.4, 0.5) is 0 Å². The van der Waals surface area contributed by atoms with Crippen LogP contribution >= 0.6 is 15.9 Å². The number of aromatic nitrogens is 1.